The van der Waals surface area contributed by atoms with Gasteiger partial charge in [0.05, 0.1) is 5.69 Å². The van der Waals surface area contributed by atoms with Gasteiger partial charge in [0.2, 0.25) is 0 Å². The highest BCUT2D eigenvalue weighted by Gasteiger charge is 2.43. The molecule has 0 amide bonds. The minimum atomic E-state index is -0.931. The summed E-state index contributed by atoms with van der Waals surface area (Å²) in [7, 11) is 0. The number of nitrogens with zero attached hydrogens (tertiary/aromatic N) is 1. The van der Waals surface area contributed by atoms with Crippen molar-refractivity contribution in [2.45, 2.75) is 31.6 Å². The average Bonchev–Trinajstić information content (AvgIpc) is 2.73. The van der Waals surface area contributed by atoms with Crippen LogP contribution in [0.2, 0.25) is 0 Å². The second kappa shape index (κ2) is 4.66. The third kappa shape index (κ3) is 1.93. The Bertz CT molecular complexity index is 659. The van der Waals surface area contributed by atoms with Gasteiger partial charge in [0.25, 0.3) is 0 Å². The lowest BCUT2D eigenvalue weighted by molar-refractivity contribution is 0.0701. The summed E-state index contributed by atoms with van der Waals surface area (Å²) < 4.78 is 13.1. The number of hydrogen-bond acceptors (Lipinski definition) is 3. The maximum atomic E-state index is 13.1. The highest BCUT2D eigenvalue weighted by Crippen LogP contribution is 2.50. The molecule has 1 heterocycles. The van der Waals surface area contributed by atoms with Gasteiger partial charge in [0.1, 0.15) is 15.7 Å². The van der Waals surface area contributed by atoms with Crippen molar-refractivity contribution in [2.75, 3.05) is 0 Å². The van der Waals surface area contributed by atoms with Gasteiger partial charge in [-0.2, -0.15) is 0 Å². The third-order valence-electron chi connectivity index (χ3n) is 4.00. The van der Waals surface area contributed by atoms with Crippen molar-refractivity contribution in [3.05, 3.63) is 51.2 Å². The van der Waals surface area contributed by atoms with Crippen molar-refractivity contribution in [3.63, 3.8) is 0 Å². The van der Waals surface area contributed by atoms with Gasteiger partial charge >= 0.3 is 5.97 Å². The summed E-state index contributed by atoms with van der Waals surface area (Å²) in [6.07, 6.45) is 2.95. The summed E-state index contributed by atoms with van der Waals surface area (Å²) >= 11 is 1.25. The molecule has 1 saturated carbocycles. The number of thiazole rings is 1. The van der Waals surface area contributed by atoms with Crippen LogP contribution in [0.4, 0.5) is 4.39 Å². The van der Waals surface area contributed by atoms with Crippen LogP contribution in [0.3, 0.4) is 0 Å². The van der Waals surface area contributed by atoms with Crippen LogP contribution >= 0.6 is 11.3 Å². The molecule has 3 rings (SSSR count). The Morgan fingerprint density at radius 1 is 1.35 bits per heavy atom. The summed E-state index contributed by atoms with van der Waals surface area (Å²) in [5.74, 6) is -1.19. The topological polar surface area (TPSA) is 50.2 Å². The first-order valence-corrected chi connectivity index (χ1v) is 7.32. The second-order valence-electron chi connectivity index (χ2n) is 5.18. The van der Waals surface area contributed by atoms with Crippen molar-refractivity contribution in [1.82, 2.24) is 4.98 Å². The van der Waals surface area contributed by atoms with Crippen LogP contribution in [0, 0.1) is 12.7 Å². The Balaban J connectivity index is 2.07. The van der Waals surface area contributed by atoms with Crippen molar-refractivity contribution >= 4 is 17.3 Å². The van der Waals surface area contributed by atoms with Crippen molar-refractivity contribution in [2.24, 2.45) is 0 Å². The van der Waals surface area contributed by atoms with E-state index in [9.17, 15) is 9.18 Å². The summed E-state index contributed by atoms with van der Waals surface area (Å²) in [6.45, 7) is 1.72. The van der Waals surface area contributed by atoms with E-state index in [1.54, 1.807) is 19.1 Å². The molecule has 5 heteroatoms. The van der Waals surface area contributed by atoms with E-state index in [1.807, 2.05) is 0 Å². The number of benzene rings is 1. The van der Waals surface area contributed by atoms with E-state index in [0.29, 0.717) is 10.6 Å². The largest absolute Gasteiger partial charge is 0.477 e. The van der Waals surface area contributed by atoms with Gasteiger partial charge in [0, 0.05) is 5.41 Å². The SMILES string of the molecule is Cc1nc(C2(c3ccc(F)cc3)CCC2)sc1C(=O)O. The molecule has 1 aromatic carbocycles. The fourth-order valence-electron chi connectivity index (χ4n) is 2.72. The van der Waals surface area contributed by atoms with Crippen molar-refractivity contribution < 1.29 is 14.3 Å². The number of aromatic nitrogens is 1. The molecule has 20 heavy (non-hydrogen) atoms. The zero-order valence-electron chi connectivity index (χ0n) is 11.0. The second-order valence-corrected chi connectivity index (χ2v) is 6.18. The zero-order valence-corrected chi connectivity index (χ0v) is 11.8. The number of aromatic carboxylic acids is 1. The Morgan fingerprint density at radius 2 is 2.00 bits per heavy atom. The molecule has 1 aromatic heterocycles. The summed E-state index contributed by atoms with van der Waals surface area (Å²) in [4.78, 5) is 15.9. The van der Waals surface area contributed by atoms with Crippen LogP contribution < -0.4 is 0 Å². The van der Waals surface area contributed by atoms with E-state index >= 15 is 0 Å². The minimum absolute atomic E-state index is 0.225. The summed E-state index contributed by atoms with van der Waals surface area (Å²) in [6, 6.07) is 6.47. The summed E-state index contributed by atoms with van der Waals surface area (Å²) in [5, 5.41) is 10.0. The van der Waals surface area contributed by atoms with Gasteiger partial charge in [-0.05, 0) is 37.5 Å². The van der Waals surface area contributed by atoms with Crippen LogP contribution in [-0.4, -0.2) is 16.1 Å². The van der Waals surface area contributed by atoms with Crippen LogP contribution in [0.1, 0.15) is 45.2 Å². The Kier molecular flexibility index (Phi) is 3.09. The lowest BCUT2D eigenvalue weighted by Gasteiger charge is -2.40. The Hall–Kier alpha value is -1.75. The van der Waals surface area contributed by atoms with Gasteiger partial charge in [0.15, 0.2) is 0 Å². The monoisotopic (exact) mass is 291 g/mol. The lowest BCUT2D eigenvalue weighted by atomic mass is 9.65. The number of carbonyl (C=O) groups is 1. The minimum Gasteiger partial charge on any atom is -0.477 e. The molecule has 2 aromatic rings. The first-order valence-electron chi connectivity index (χ1n) is 6.50. The zero-order chi connectivity index (χ0) is 14.3. The molecule has 1 fully saturated rings. The molecule has 3 nitrogen and oxygen atoms in total. The molecular formula is C15H14FNO2S. The number of aryl methyl sites for hydroxylation is 1. The molecule has 1 aliphatic carbocycles. The van der Waals surface area contributed by atoms with Crippen molar-refractivity contribution in [1.29, 1.82) is 0 Å². The van der Waals surface area contributed by atoms with E-state index in [0.717, 1.165) is 29.8 Å². The molecule has 0 atom stereocenters. The maximum absolute atomic E-state index is 13.1. The van der Waals surface area contributed by atoms with Crippen LogP contribution in [0.25, 0.3) is 0 Å². The highest BCUT2D eigenvalue weighted by atomic mass is 32.1. The molecule has 104 valence electrons. The third-order valence-corrected chi connectivity index (χ3v) is 5.35. The van der Waals surface area contributed by atoms with E-state index in [-0.39, 0.29) is 11.2 Å². The molecule has 0 aliphatic heterocycles. The van der Waals surface area contributed by atoms with E-state index in [4.69, 9.17) is 5.11 Å². The number of hydrogen-bond donors (Lipinski definition) is 1. The summed E-state index contributed by atoms with van der Waals surface area (Å²) in [5.41, 5.74) is 1.36. The molecule has 1 N–H and O–H groups in total. The van der Waals surface area contributed by atoms with Crippen LogP contribution in [-0.2, 0) is 5.41 Å². The fourth-order valence-corrected chi connectivity index (χ4v) is 3.90. The molecule has 0 unspecified atom stereocenters. The van der Waals surface area contributed by atoms with Gasteiger partial charge in [-0.3, -0.25) is 0 Å². The van der Waals surface area contributed by atoms with E-state index in [2.05, 4.69) is 4.98 Å². The van der Waals surface area contributed by atoms with E-state index < -0.39 is 5.97 Å². The van der Waals surface area contributed by atoms with Crippen LogP contribution in [0.5, 0.6) is 0 Å². The molecule has 0 radical (unpaired) electrons. The number of rotatable bonds is 3. The first kappa shape index (κ1) is 13.2. The van der Waals surface area contributed by atoms with Crippen molar-refractivity contribution in [3.8, 4) is 0 Å². The average molecular weight is 291 g/mol. The van der Waals surface area contributed by atoms with Gasteiger partial charge in [-0.15, -0.1) is 11.3 Å². The molecular weight excluding hydrogens is 277 g/mol. The van der Waals surface area contributed by atoms with Crippen LogP contribution in [0.15, 0.2) is 24.3 Å². The highest BCUT2D eigenvalue weighted by molar-refractivity contribution is 7.13. The number of halogens is 1. The number of carboxylic acids is 1. The van der Waals surface area contributed by atoms with Gasteiger partial charge in [-0.25, -0.2) is 14.2 Å². The fraction of sp³-hybridized carbons (Fsp3) is 0.333. The van der Waals surface area contributed by atoms with Gasteiger partial charge in [-0.1, -0.05) is 18.6 Å². The van der Waals surface area contributed by atoms with E-state index in [1.165, 1.54) is 23.5 Å². The molecule has 0 spiro atoms. The first-order chi connectivity index (χ1) is 9.53. The maximum Gasteiger partial charge on any atom is 0.347 e. The number of carboxylic acid groups (broad SMARTS) is 1. The normalized spacial score (nSPS) is 16.7. The van der Waals surface area contributed by atoms with Gasteiger partial charge < -0.3 is 5.11 Å². The Morgan fingerprint density at radius 3 is 2.45 bits per heavy atom. The molecule has 1 aliphatic rings. The smallest absolute Gasteiger partial charge is 0.347 e. The Labute approximate surface area is 120 Å². The standard InChI is InChI=1S/C15H14FNO2S/c1-9-12(13(18)19)20-14(17-9)15(7-2-8-15)10-3-5-11(16)6-4-10/h3-6H,2,7-8H2,1H3,(H,18,19). The molecule has 0 bridgehead atoms. The predicted molar refractivity (Wildman–Crippen MR) is 74.8 cm³/mol. The molecule has 0 saturated heterocycles. The quantitative estimate of drug-likeness (QED) is 0.936. The lowest BCUT2D eigenvalue weighted by Crippen LogP contribution is -2.35. The predicted octanol–water partition coefficient (Wildman–Crippen LogP) is 3.76.